The molecule has 0 radical (unpaired) electrons. The molecule has 2 heterocycles. The summed E-state index contributed by atoms with van der Waals surface area (Å²) in [5.41, 5.74) is 1.08. The molecule has 1 N–H and O–H groups in total. The molecule has 0 saturated heterocycles. The number of hydrogen-bond donors (Lipinski definition) is 1. The van der Waals surface area contributed by atoms with Gasteiger partial charge in [-0.2, -0.15) is 0 Å². The van der Waals surface area contributed by atoms with Crippen LogP contribution < -0.4 is 10.2 Å². The number of aromatic nitrogens is 3. The Bertz CT molecular complexity index is 566. The van der Waals surface area contributed by atoms with Crippen LogP contribution in [0.5, 0.6) is 0 Å². The number of aryl methyl sites for hydroxylation is 2. The van der Waals surface area contributed by atoms with E-state index in [4.69, 9.17) is 0 Å². The molecule has 0 saturated carbocycles. The zero-order valence-corrected chi connectivity index (χ0v) is 13.3. The molecular formula is C14H21N5S. The van der Waals surface area contributed by atoms with E-state index in [0.717, 1.165) is 47.7 Å². The molecular weight excluding hydrogens is 270 g/mol. The Balaban J connectivity index is 2.19. The van der Waals surface area contributed by atoms with Gasteiger partial charge in [-0.1, -0.05) is 6.92 Å². The van der Waals surface area contributed by atoms with E-state index >= 15 is 0 Å². The Morgan fingerprint density at radius 3 is 2.65 bits per heavy atom. The zero-order valence-electron chi connectivity index (χ0n) is 12.5. The molecule has 20 heavy (non-hydrogen) atoms. The SMILES string of the molecule is CCNc1cc(N(C)Cc2csc(C)n2)nc(CC)n1. The lowest BCUT2D eigenvalue weighted by molar-refractivity contribution is 0.842. The van der Waals surface area contributed by atoms with Gasteiger partial charge in [0.1, 0.15) is 17.5 Å². The second kappa shape index (κ2) is 6.65. The first-order valence-electron chi connectivity index (χ1n) is 6.86. The van der Waals surface area contributed by atoms with Gasteiger partial charge in [-0.05, 0) is 13.8 Å². The van der Waals surface area contributed by atoms with Crippen molar-refractivity contribution in [1.82, 2.24) is 15.0 Å². The predicted molar refractivity (Wildman–Crippen MR) is 84.5 cm³/mol. The highest BCUT2D eigenvalue weighted by atomic mass is 32.1. The molecule has 0 unspecified atom stereocenters. The van der Waals surface area contributed by atoms with Crippen LogP contribution in [-0.2, 0) is 13.0 Å². The van der Waals surface area contributed by atoms with Gasteiger partial charge in [0.2, 0.25) is 0 Å². The normalized spacial score (nSPS) is 10.6. The molecule has 0 aliphatic carbocycles. The van der Waals surface area contributed by atoms with E-state index in [1.54, 1.807) is 11.3 Å². The summed E-state index contributed by atoms with van der Waals surface area (Å²) in [6, 6.07) is 1.99. The smallest absolute Gasteiger partial charge is 0.134 e. The fourth-order valence-electron chi connectivity index (χ4n) is 1.91. The second-order valence-electron chi connectivity index (χ2n) is 4.63. The third-order valence-corrected chi connectivity index (χ3v) is 3.71. The number of thiazole rings is 1. The monoisotopic (exact) mass is 291 g/mol. The first kappa shape index (κ1) is 14.7. The summed E-state index contributed by atoms with van der Waals surface area (Å²) in [5.74, 6) is 2.67. The van der Waals surface area contributed by atoms with Crippen molar-refractivity contribution in [2.24, 2.45) is 0 Å². The molecule has 6 heteroatoms. The Labute approximate surface area is 124 Å². The van der Waals surface area contributed by atoms with Crippen molar-refractivity contribution in [3.63, 3.8) is 0 Å². The van der Waals surface area contributed by atoms with Crippen molar-refractivity contribution in [3.05, 3.63) is 28.0 Å². The standard InChI is InChI=1S/C14H21N5S/c1-5-12-17-13(15-6-2)7-14(18-12)19(4)8-11-9-20-10(3)16-11/h7,9H,5-6,8H2,1-4H3,(H,15,17,18). The summed E-state index contributed by atoms with van der Waals surface area (Å²) in [7, 11) is 2.03. The predicted octanol–water partition coefficient (Wildman–Crippen LogP) is 2.87. The van der Waals surface area contributed by atoms with Crippen LogP contribution in [0.1, 0.15) is 30.4 Å². The van der Waals surface area contributed by atoms with E-state index in [0.29, 0.717) is 0 Å². The quantitative estimate of drug-likeness (QED) is 0.887. The van der Waals surface area contributed by atoms with Crippen LogP contribution in [0.25, 0.3) is 0 Å². The van der Waals surface area contributed by atoms with Gasteiger partial charge in [0, 0.05) is 31.5 Å². The van der Waals surface area contributed by atoms with Gasteiger partial charge in [0.25, 0.3) is 0 Å². The van der Waals surface area contributed by atoms with E-state index in [1.807, 2.05) is 20.0 Å². The molecule has 108 valence electrons. The van der Waals surface area contributed by atoms with E-state index in [9.17, 15) is 0 Å². The van der Waals surface area contributed by atoms with Crippen LogP contribution in [0.15, 0.2) is 11.4 Å². The van der Waals surface area contributed by atoms with Gasteiger partial charge in [-0.3, -0.25) is 0 Å². The van der Waals surface area contributed by atoms with Crippen molar-refractivity contribution in [3.8, 4) is 0 Å². The third-order valence-electron chi connectivity index (χ3n) is 2.89. The van der Waals surface area contributed by atoms with Crippen LogP contribution in [0.3, 0.4) is 0 Å². The number of nitrogens with zero attached hydrogens (tertiary/aromatic N) is 4. The summed E-state index contributed by atoms with van der Waals surface area (Å²) in [6.45, 7) is 7.77. The first-order chi connectivity index (χ1) is 9.62. The lowest BCUT2D eigenvalue weighted by Crippen LogP contribution is -2.19. The zero-order chi connectivity index (χ0) is 14.5. The van der Waals surface area contributed by atoms with E-state index < -0.39 is 0 Å². The van der Waals surface area contributed by atoms with E-state index in [1.165, 1.54) is 0 Å². The van der Waals surface area contributed by atoms with Gasteiger partial charge in [0.15, 0.2) is 0 Å². The molecule has 2 aromatic rings. The van der Waals surface area contributed by atoms with Gasteiger partial charge in [0.05, 0.1) is 17.2 Å². The van der Waals surface area contributed by atoms with Crippen molar-refractivity contribution in [2.75, 3.05) is 23.8 Å². The van der Waals surface area contributed by atoms with Crippen LogP contribution in [0.4, 0.5) is 11.6 Å². The molecule has 0 fully saturated rings. The molecule has 0 amide bonds. The molecule has 0 bridgehead atoms. The summed E-state index contributed by atoms with van der Waals surface area (Å²) < 4.78 is 0. The maximum absolute atomic E-state index is 4.59. The number of anilines is 2. The van der Waals surface area contributed by atoms with Gasteiger partial charge in [-0.15, -0.1) is 11.3 Å². The van der Waals surface area contributed by atoms with Gasteiger partial charge >= 0.3 is 0 Å². The fraction of sp³-hybridized carbons (Fsp3) is 0.500. The van der Waals surface area contributed by atoms with Crippen molar-refractivity contribution < 1.29 is 0 Å². The number of nitrogens with one attached hydrogen (secondary N) is 1. The Hall–Kier alpha value is -1.69. The molecule has 0 aliphatic heterocycles. The van der Waals surface area contributed by atoms with E-state index in [-0.39, 0.29) is 0 Å². The highest BCUT2D eigenvalue weighted by Crippen LogP contribution is 2.18. The summed E-state index contributed by atoms with van der Waals surface area (Å²) in [6.07, 6.45) is 0.829. The Morgan fingerprint density at radius 1 is 1.25 bits per heavy atom. The number of hydrogen-bond acceptors (Lipinski definition) is 6. The maximum atomic E-state index is 4.59. The minimum atomic E-state index is 0.760. The van der Waals surface area contributed by atoms with Gasteiger partial charge < -0.3 is 10.2 Å². The highest BCUT2D eigenvalue weighted by molar-refractivity contribution is 7.09. The summed E-state index contributed by atoms with van der Waals surface area (Å²) >= 11 is 1.68. The second-order valence-corrected chi connectivity index (χ2v) is 5.69. The third kappa shape index (κ3) is 3.66. The summed E-state index contributed by atoms with van der Waals surface area (Å²) in [5, 5.41) is 6.45. The summed E-state index contributed by atoms with van der Waals surface area (Å²) in [4.78, 5) is 15.7. The van der Waals surface area contributed by atoms with Crippen LogP contribution in [-0.4, -0.2) is 28.5 Å². The fourth-order valence-corrected chi connectivity index (χ4v) is 2.52. The molecule has 2 rings (SSSR count). The maximum Gasteiger partial charge on any atom is 0.134 e. The minimum Gasteiger partial charge on any atom is -0.370 e. The van der Waals surface area contributed by atoms with E-state index in [2.05, 4.69) is 44.4 Å². The lowest BCUT2D eigenvalue weighted by atomic mass is 10.3. The molecule has 0 atom stereocenters. The molecule has 0 aromatic carbocycles. The topological polar surface area (TPSA) is 53.9 Å². The van der Waals surface area contributed by atoms with Crippen molar-refractivity contribution >= 4 is 23.0 Å². The van der Waals surface area contributed by atoms with Gasteiger partial charge in [-0.25, -0.2) is 15.0 Å². The minimum absolute atomic E-state index is 0.760. The molecule has 5 nitrogen and oxygen atoms in total. The first-order valence-corrected chi connectivity index (χ1v) is 7.74. The average Bonchev–Trinajstić information content (AvgIpc) is 2.84. The van der Waals surface area contributed by atoms with Crippen LogP contribution >= 0.6 is 11.3 Å². The Kier molecular flexibility index (Phi) is 4.89. The molecule has 2 aromatic heterocycles. The highest BCUT2D eigenvalue weighted by Gasteiger charge is 2.09. The molecule has 0 spiro atoms. The lowest BCUT2D eigenvalue weighted by Gasteiger charge is -2.18. The van der Waals surface area contributed by atoms with Crippen LogP contribution in [0.2, 0.25) is 0 Å². The largest absolute Gasteiger partial charge is 0.370 e. The Morgan fingerprint density at radius 2 is 2.05 bits per heavy atom. The number of rotatable bonds is 6. The van der Waals surface area contributed by atoms with Crippen molar-refractivity contribution in [1.29, 1.82) is 0 Å². The van der Waals surface area contributed by atoms with Crippen LogP contribution in [0, 0.1) is 6.92 Å². The molecule has 0 aliphatic rings. The average molecular weight is 291 g/mol. The van der Waals surface area contributed by atoms with Crippen molar-refractivity contribution in [2.45, 2.75) is 33.7 Å².